The van der Waals surface area contributed by atoms with E-state index in [-0.39, 0.29) is 11.9 Å². The number of carbonyl (C=O) groups is 2. The molecule has 0 unspecified atom stereocenters. The zero-order chi connectivity index (χ0) is 17.4. The molecule has 4 heteroatoms. The van der Waals surface area contributed by atoms with Crippen LogP contribution in [0.4, 0.5) is 0 Å². The monoisotopic (exact) mass is 328 g/mol. The summed E-state index contributed by atoms with van der Waals surface area (Å²) in [7, 11) is 0. The maximum absolute atomic E-state index is 11.7. The van der Waals surface area contributed by atoms with Gasteiger partial charge in [-0.1, -0.05) is 38.8 Å². The molecule has 24 heavy (non-hydrogen) atoms. The van der Waals surface area contributed by atoms with Crippen LogP contribution in [0.1, 0.15) is 52.4 Å². The number of unbranched alkanes of at least 4 members (excludes halogenated alkanes) is 2. The molecule has 2 aromatic carbocycles. The molecule has 128 valence electrons. The first-order valence-electron chi connectivity index (χ1n) is 8.57. The van der Waals surface area contributed by atoms with Crippen LogP contribution in [0.2, 0.25) is 0 Å². The first kappa shape index (κ1) is 18.0. The summed E-state index contributed by atoms with van der Waals surface area (Å²) in [4.78, 5) is 23.5. The van der Waals surface area contributed by atoms with Gasteiger partial charge in [0.1, 0.15) is 11.5 Å². The van der Waals surface area contributed by atoms with Gasteiger partial charge in [-0.15, -0.1) is 0 Å². The summed E-state index contributed by atoms with van der Waals surface area (Å²) in [5, 5.41) is 1.87. The molecule has 0 fully saturated rings. The molecule has 0 aliphatic rings. The lowest BCUT2D eigenvalue weighted by Crippen LogP contribution is -2.07. The molecule has 0 aliphatic heterocycles. The van der Waals surface area contributed by atoms with Crippen molar-refractivity contribution < 1.29 is 19.1 Å². The van der Waals surface area contributed by atoms with Gasteiger partial charge in [-0.2, -0.15) is 0 Å². The van der Waals surface area contributed by atoms with Crippen molar-refractivity contribution in [3.05, 3.63) is 36.4 Å². The van der Waals surface area contributed by atoms with Crippen molar-refractivity contribution in [3.63, 3.8) is 0 Å². The molecule has 0 N–H and O–H groups in total. The summed E-state index contributed by atoms with van der Waals surface area (Å²) in [6.07, 6.45) is 4.40. The Morgan fingerprint density at radius 2 is 1.21 bits per heavy atom. The van der Waals surface area contributed by atoms with E-state index in [2.05, 4.69) is 0 Å². The number of benzene rings is 2. The van der Waals surface area contributed by atoms with E-state index < -0.39 is 0 Å². The number of fused-ring (bicyclic) bond motifs is 1. The van der Waals surface area contributed by atoms with E-state index in [9.17, 15) is 9.59 Å². The fourth-order valence-electron chi connectivity index (χ4n) is 2.34. The maximum Gasteiger partial charge on any atom is 0.311 e. The van der Waals surface area contributed by atoms with E-state index in [0.717, 1.165) is 36.5 Å². The number of rotatable bonds is 8. The van der Waals surface area contributed by atoms with Crippen molar-refractivity contribution in [3.8, 4) is 11.5 Å². The summed E-state index contributed by atoms with van der Waals surface area (Å²) in [6.45, 7) is 4.07. The van der Waals surface area contributed by atoms with Crippen LogP contribution in [0, 0.1) is 0 Å². The van der Waals surface area contributed by atoms with Gasteiger partial charge >= 0.3 is 11.9 Å². The number of carbonyl (C=O) groups excluding carboxylic acids is 2. The Bertz CT molecular complexity index is 649. The highest BCUT2D eigenvalue weighted by Crippen LogP contribution is 2.25. The lowest BCUT2D eigenvalue weighted by molar-refractivity contribution is -0.135. The molecule has 0 radical (unpaired) electrons. The molecule has 0 bridgehead atoms. The highest BCUT2D eigenvalue weighted by Gasteiger charge is 2.08. The summed E-state index contributed by atoms with van der Waals surface area (Å²) in [6, 6.07) is 10.9. The number of esters is 2. The van der Waals surface area contributed by atoms with Gasteiger partial charge in [-0.05, 0) is 47.9 Å². The van der Waals surface area contributed by atoms with Gasteiger partial charge in [-0.3, -0.25) is 9.59 Å². The van der Waals surface area contributed by atoms with Crippen LogP contribution in [0.15, 0.2) is 36.4 Å². The third-order valence-electron chi connectivity index (χ3n) is 3.72. The van der Waals surface area contributed by atoms with Gasteiger partial charge < -0.3 is 9.47 Å². The molecule has 2 rings (SSSR count). The topological polar surface area (TPSA) is 52.6 Å². The molecule has 2 aromatic rings. The quantitative estimate of drug-likeness (QED) is 0.504. The Morgan fingerprint density at radius 1 is 0.750 bits per heavy atom. The highest BCUT2D eigenvalue weighted by atomic mass is 16.5. The molecule has 0 atom stereocenters. The molecular weight excluding hydrogens is 304 g/mol. The smallest absolute Gasteiger partial charge is 0.311 e. The van der Waals surface area contributed by atoms with E-state index in [1.165, 1.54) is 0 Å². The summed E-state index contributed by atoms with van der Waals surface area (Å²) in [5.74, 6) is 0.577. The average molecular weight is 328 g/mol. The first-order valence-corrected chi connectivity index (χ1v) is 8.57. The van der Waals surface area contributed by atoms with Crippen LogP contribution >= 0.6 is 0 Å². The molecular formula is C20H24O4. The van der Waals surface area contributed by atoms with Gasteiger partial charge in [-0.25, -0.2) is 0 Å². The van der Waals surface area contributed by atoms with Crippen molar-refractivity contribution in [2.45, 2.75) is 52.4 Å². The normalized spacial score (nSPS) is 10.6. The molecule has 0 spiro atoms. The third-order valence-corrected chi connectivity index (χ3v) is 3.72. The summed E-state index contributed by atoms with van der Waals surface area (Å²) < 4.78 is 10.7. The lowest BCUT2D eigenvalue weighted by Gasteiger charge is -2.08. The standard InChI is InChI=1S/C20H24O4/c1-3-5-7-19(21)23-17-11-9-15-10-12-18(14-16(15)13-17)24-20(22)8-6-4-2/h9-14H,3-8H2,1-2H3. The molecule has 0 aliphatic carbocycles. The Balaban J connectivity index is 2.09. The van der Waals surface area contributed by atoms with E-state index in [4.69, 9.17) is 9.47 Å². The Hall–Kier alpha value is -2.36. The van der Waals surface area contributed by atoms with Gasteiger partial charge in [0.15, 0.2) is 0 Å². The SMILES string of the molecule is CCCCC(=O)Oc1ccc2ccc(OC(=O)CCCC)cc2c1. The molecule has 0 saturated carbocycles. The van der Waals surface area contributed by atoms with Crippen molar-refractivity contribution in [1.29, 1.82) is 0 Å². The first-order chi connectivity index (χ1) is 11.6. The Kier molecular flexibility index (Phi) is 6.79. The van der Waals surface area contributed by atoms with Crippen molar-refractivity contribution in [2.75, 3.05) is 0 Å². The van der Waals surface area contributed by atoms with Crippen molar-refractivity contribution in [2.24, 2.45) is 0 Å². The largest absolute Gasteiger partial charge is 0.427 e. The van der Waals surface area contributed by atoms with Gasteiger partial charge in [0.2, 0.25) is 0 Å². The number of ether oxygens (including phenoxy) is 2. The zero-order valence-corrected chi connectivity index (χ0v) is 14.3. The van der Waals surface area contributed by atoms with Crippen LogP contribution in [-0.4, -0.2) is 11.9 Å². The van der Waals surface area contributed by atoms with E-state index in [1.807, 2.05) is 26.0 Å². The Morgan fingerprint density at radius 3 is 1.62 bits per heavy atom. The fourth-order valence-corrected chi connectivity index (χ4v) is 2.34. The molecule has 0 heterocycles. The third kappa shape index (κ3) is 5.37. The van der Waals surface area contributed by atoms with E-state index in [1.54, 1.807) is 24.3 Å². The van der Waals surface area contributed by atoms with Crippen LogP contribution in [0.25, 0.3) is 10.8 Å². The average Bonchev–Trinajstić information content (AvgIpc) is 2.58. The summed E-state index contributed by atoms with van der Waals surface area (Å²) in [5.41, 5.74) is 0. The van der Waals surface area contributed by atoms with Crippen LogP contribution in [0.3, 0.4) is 0 Å². The number of hydrogen-bond donors (Lipinski definition) is 0. The molecule has 0 amide bonds. The molecule has 0 saturated heterocycles. The second-order valence-electron chi connectivity index (χ2n) is 5.83. The predicted molar refractivity (Wildman–Crippen MR) is 94.3 cm³/mol. The van der Waals surface area contributed by atoms with Gasteiger partial charge in [0.25, 0.3) is 0 Å². The molecule has 4 nitrogen and oxygen atoms in total. The predicted octanol–water partition coefficient (Wildman–Crippen LogP) is 5.03. The fraction of sp³-hybridized carbons (Fsp3) is 0.400. The van der Waals surface area contributed by atoms with Gasteiger partial charge in [0.05, 0.1) is 0 Å². The Labute approximate surface area is 142 Å². The van der Waals surface area contributed by atoms with Crippen LogP contribution in [-0.2, 0) is 9.59 Å². The summed E-state index contributed by atoms with van der Waals surface area (Å²) >= 11 is 0. The van der Waals surface area contributed by atoms with E-state index >= 15 is 0 Å². The minimum absolute atomic E-state index is 0.224. The zero-order valence-electron chi connectivity index (χ0n) is 14.3. The minimum Gasteiger partial charge on any atom is -0.427 e. The molecule has 0 aromatic heterocycles. The lowest BCUT2D eigenvalue weighted by atomic mass is 10.1. The maximum atomic E-state index is 11.7. The number of hydrogen-bond acceptors (Lipinski definition) is 4. The van der Waals surface area contributed by atoms with Crippen molar-refractivity contribution in [1.82, 2.24) is 0 Å². The minimum atomic E-state index is -0.224. The van der Waals surface area contributed by atoms with E-state index in [0.29, 0.717) is 24.3 Å². The highest BCUT2D eigenvalue weighted by molar-refractivity contribution is 5.86. The second-order valence-corrected chi connectivity index (χ2v) is 5.83. The second kappa shape index (κ2) is 9.06. The van der Waals surface area contributed by atoms with Gasteiger partial charge in [0, 0.05) is 12.8 Å². The van der Waals surface area contributed by atoms with Crippen molar-refractivity contribution >= 4 is 22.7 Å². The van der Waals surface area contributed by atoms with Crippen LogP contribution < -0.4 is 9.47 Å². The van der Waals surface area contributed by atoms with Crippen LogP contribution in [0.5, 0.6) is 11.5 Å².